The van der Waals surface area contributed by atoms with Crippen molar-refractivity contribution in [2.24, 2.45) is 0 Å². The van der Waals surface area contributed by atoms with E-state index in [2.05, 4.69) is 15.3 Å². The molecule has 0 amide bonds. The zero-order valence-corrected chi connectivity index (χ0v) is 15.8. The zero-order chi connectivity index (χ0) is 20.1. The molecule has 0 unspecified atom stereocenters. The van der Waals surface area contributed by atoms with Gasteiger partial charge in [-0.2, -0.15) is 0 Å². The van der Waals surface area contributed by atoms with Crippen molar-refractivity contribution >= 4 is 27.3 Å². The summed E-state index contributed by atoms with van der Waals surface area (Å²) in [6, 6.07) is 20.9. The molecule has 30 heavy (non-hydrogen) atoms. The van der Waals surface area contributed by atoms with Crippen molar-refractivity contribution in [3.05, 3.63) is 95.0 Å². The fourth-order valence-electron chi connectivity index (χ4n) is 3.90. The van der Waals surface area contributed by atoms with Gasteiger partial charge in [-0.1, -0.05) is 40.6 Å². The Labute approximate surface area is 170 Å². The monoisotopic (exact) mass is 393 g/mol. The predicted octanol–water partition coefficient (Wildman–Crippen LogP) is 3.87. The Bertz CT molecular complexity index is 1570. The van der Waals surface area contributed by atoms with Crippen LogP contribution in [0.15, 0.2) is 83.9 Å². The first-order chi connectivity index (χ1) is 14.8. The van der Waals surface area contributed by atoms with Crippen LogP contribution < -0.4 is 10.3 Å². The average molecular weight is 393 g/mol. The van der Waals surface area contributed by atoms with Crippen molar-refractivity contribution in [2.45, 2.75) is 6.54 Å². The topological polar surface area (TPSA) is 74.3 Å². The van der Waals surface area contributed by atoms with E-state index in [9.17, 15) is 4.79 Å². The lowest BCUT2D eigenvalue weighted by Crippen LogP contribution is -2.10. The first-order valence-corrected chi connectivity index (χ1v) is 9.54. The normalized spacial score (nSPS) is 11.6. The minimum absolute atomic E-state index is 0.0759. The van der Waals surface area contributed by atoms with Gasteiger partial charge >= 0.3 is 0 Å². The van der Waals surface area contributed by atoms with Gasteiger partial charge in [0.1, 0.15) is 5.75 Å². The number of nitrogens with zero attached hydrogens (tertiary/aromatic N) is 5. The molecule has 0 fully saturated rings. The first kappa shape index (κ1) is 16.7. The fourth-order valence-corrected chi connectivity index (χ4v) is 3.90. The molecule has 0 aliphatic heterocycles. The Morgan fingerprint density at radius 1 is 0.933 bits per heavy atom. The first-order valence-electron chi connectivity index (χ1n) is 9.54. The zero-order valence-electron chi connectivity index (χ0n) is 15.8. The van der Waals surface area contributed by atoms with Crippen LogP contribution in [-0.2, 0) is 6.54 Å². The van der Waals surface area contributed by atoms with Crippen LogP contribution >= 0.6 is 0 Å². The summed E-state index contributed by atoms with van der Waals surface area (Å²) in [5, 5.41) is 10.2. The number of ether oxygens (including phenoxy) is 1. The second kappa shape index (κ2) is 6.38. The van der Waals surface area contributed by atoms with Gasteiger partial charge in [-0.15, -0.1) is 0 Å². The third-order valence-electron chi connectivity index (χ3n) is 5.21. The molecule has 2 aromatic carbocycles. The molecule has 0 spiro atoms. The molecule has 6 aromatic rings. The lowest BCUT2D eigenvalue weighted by atomic mass is 10.1. The Morgan fingerprint density at radius 2 is 1.83 bits per heavy atom. The molecular weight excluding hydrogens is 378 g/mol. The quantitative estimate of drug-likeness (QED) is 0.455. The maximum atomic E-state index is 12.5. The fraction of sp³-hybridized carbons (Fsp3) is 0.0435. The molecule has 0 radical (unpaired) electrons. The van der Waals surface area contributed by atoms with Crippen LogP contribution in [0.2, 0.25) is 0 Å². The van der Waals surface area contributed by atoms with Crippen LogP contribution in [0, 0.1) is 0 Å². The molecule has 7 heteroatoms. The van der Waals surface area contributed by atoms with E-state index in [0.717, 1.165) is 32.9 Å². The van der Waals surface area contributed by atoms with E-state index in [1.807, 2.05) is 54.6 Å². The van der Waals surface area contributed by atoms with Crippen LogP contribution in [0.3, 0.4) is 0 Å². The van der Waals surface area contributed by atoms with Gasteiger partial charge in [0.15, 0.2) is 0 Å². The molecule has 0 atom stereocenters. The summed E-state index contributed by atoms with van der Waals surface area (Å²) in [4.78, 5) is 16.9. The third kappa shape index (κ3) is 2.60. The molecule has 0 N–H and O–H groups in total. The summed E-state index contributed by atoms with van der Waals surface area (Å²) >= 11 is 0. The Morgan fingerprint density at radius 3 is 2.73 bits per heavy atom. The van der Waals surface area contributed by atoms with Crippen LogP contribution in [0.25, 0.3) is 27.3 Å². The van der Waals surface area contributed by atoms with E-state index in [-0.39, 0.29) is 5.56 Å². The van der Waals surface area contributed by atoms with Crippen LogP contribution in [0.4, 0.5) is 0 Å². The minimum atomic E-state index is -0.0759. The number of hydrogen-bond donors (Lipinski definition) is 0. The van der Waals surface area contributed by atoms with Gasteiger partial charge in [0.05, 0.1) is 29.3 Å². The predicted molar refractivity (Wildman–Crippen MR) is 113 cm³/mol. The lowest BCUT2D eigenvalue weighted by molar-refractivity contribution is 0.462. The molecule has 0 aliphatic carbocycles. The molecule has 6 rings (SSSR count). The van der Waals surface area contributed by atoms with Crippen molar-refractivity contribution in [1.82, 2.24) is 24.4 Å². The maximum absolute atomic E-state index is 12.5. The summed E-state index contributed by atoms with van der Waals surface area (Å²) in [7, 11) is 0. The molecule has 0 saturated heterocycles. The van der Waals surface area contributed by atoms with Gasteiger partial charge in [0.25, 0.3) is 11.4 Å². The molecule has 4 heterocycles. The van der Waals surface area contributed by atoms with Crippen molar-refractivity contribution in [3.63, 3.8) is 0 Å². The van der Waals surface area contributed by atoms with Crippen molar-refractivity contribution in [1.29, 1.82) is 0 Å². The Hall–Kier alpha value is -4.26. The van der Waals surface area contributed by atoms with Gasteiger partial charge < -0.3 is 4.74 Å². The Balaban J connectivity index is 1.38. The maximum Gasteiger partial charge on any atom is 0.258 e. The second-order valence-electron chi connectivity index (χ2n) is 7.12. The van der Waals surface area contributed by atoms with E-state index in [1.165, 1.54) is 0 Å². The van der Waals surface area contributed by atoms with E-state index in [4.69, 9.17) is 4.74 Å². The molecule has 0 aliphatic rings. The highest BCUT2D eigenvalue weighted by molar-refractivity contribution is 6.13. The lowest BCUT2D eigenvalue weighted by Gasteiger charge is -2.02. The number of benzene rings is 2. The number of hydrogen-bond acceptors (Lipinski definition) is 5. The largest absolute Gasteiger partial charge is 0.436 e. The van der Waals surface area contributed by atoms with E-state index < -0.39 is 0 Å². The number of rotatable bonds is 4. The van der Waals surface area contributed by atoms with Crippen molar-refractivity contribution in [3.8, 4) is 11.6 Å². The average Bonchev–Trinajstić information content (AvgIpc) is 3.35. The van der Waals surface area contributed by atoms with Crippen molar-refractivity contribution in [2.75, 3.05) is 0 Å². The van der Waals surface area contributed by atoms with Gasteiger partial charge in [-0.25, -0.2) is 4.68 Å². The van der Waals surface area contributed by atoms with Crippen molar-refractivity contribution < 1.29 is 4.74 Å². The van der Waals surface area contributed by atoms with Crippen LogP contribution in [-0.4, -0.2) is 24.4 Å². The summed E-state index contributed by atoms with van der Waals surface area (Å²) in [5.41, 5.74) is 3.50. The second-order valence-corrected chi connectivity index (χ2v) is 7.12. The summed E-state index contributed by atoms with van der Waals surface area (Å²) in [5.74, 6) is 1.05. The SMILES string of the molecule is O=c1ccc2nccc3c4cc(Oc5cn(Cc6ccccc6)nn5)ccc4n1c23. The van der Waals surface area contributed by atoms with Gasteiger partial charge in [-0.3, -0.25) is 14.2 Å². The highest BCUT2D eigenvalue weighted by Crippen LogP contribution is 2.33. The van der Waals surface area contributed by atoms with Crippen LogP contribution in [0.5, 0.6) is 11.6 Å². The molecule has 144 valence electrons. The van der Waals surface area contributed by atoms with E-state index >= 15 is 0 Å². The van der Waals surface area contributed by atoms with E-state index in [0.29, 0.717) is 18.2 Å². The number of fused-ring (bicyclic) bond motifs is 3. The standard InChI is InChI=1S/C23H15N5O2/c29-22-9-7-19-23-17(10-11-24-19)18-12-16(6-8-20(18)28(22)23)30-21-14-27(26-25-21)13-15-4-2-1-3-5-15/h1-12,14H,13H2. The van der Waals surface area contributed by atoms with Gasteiger partial charge in [0, 0.05) is 23.0 Å². The van der Waals surface area contributed by atoms with Gasteiger partial charge in [-0.05, 0) is 35.9 Å². The number of pyridine rings is 2. The number of aromatic nitrogens is 5. The summed E-state index contributed by atoms with van der Waals surface area (Å²) in [6.07, 6.45) is 3.52. The minimum Gasteiger partial charge on any atom is -0.436 e. The Kier molecular flexibility index (Phi) is 3.55. The molecule has 7 nitrogen and oxygen atoms in total. The van der Waals surface area contributed by atoms with E-state index in [1.54, 1.807) is 33.6 Å². The third-order valence-corrected chi connectivity index (χ3v) is 5.21. The smallest absolute Gasteiger partial charge is 0.258 e. The van der Waals surface area contributed by atoms with Crippen LogP contribution in [0.1, 0.15) is 5.56 Å². The highest BCUT2D eigenvalue weighted by Gasteiger charge is 2.14. The molecule has 0 saturated carbocycles. The van der Waals surface area contributed by atoms with Gasteiger partial charge in [0.2, 0.25) is 0 Å². The highest BCUT2D eigenvalue weighted by atomic mass is 16.5. The summed E-state index contributed by atoms with van der Waals surface area (Å²) < 4.78 is 9.39. The summed E-state index contributed by atoms with van der Waals surface area (Å²) in [6.45, 7) is 0.620. The molecule has 0 bridgehead atoms. The molecule has 4 aromatic heterocycles. The molecular formula is C23H15N5O2.